The fraction of sp³-hybridized carbons (Fsp3) is 0.323. The summed E-state index contributed by atoms with van der Waals surface area (Å²) in [6.07, 6.45) is 3.65. The van der Waals surface area contributed by atoms with E-state index in [0.717, 1.165) is 39.2 Å². The van der Waals surface area contributed by atoms with E-state index in [-0.39, 0.29) is 18.9 Å². The van der Waals surface area contributed by atoms with Crippen molar-refractivity contribution >= 4 is 34.1 Å². The van der Waals surface area contributed by atoms with E-state index < -0.39 is 29.7 Å². The first-order valence-corrected chi connectivity index (χ1v) is 14.1. The molecule has 0 saturated carbocycles. The van der Waals surface area contributed by atoms with Crippen LogP contribution in [0.4, 0.5) is 8.78 Å². The number of aliphatic hydroxyl groups is 1. The molecular formula is C31H33F2IN2O2. The van der Waals surface area contributed by atoms with Gasteiger partial charge in [-0.25, -0.2) is 8.78 Å². The van der Waals surface area contributed by atoms with Gasteiger partial charge < -0.3 is 15.7 Å². The zero-order chi connectivity index (χ0) is 27.1. The first kappa shape index (κ1) is 28.4. The Morgan fingerprint density at radius 1 is 1.03 bits per heavy atom. The predicted molar refractivity (Wildman–Crippen MR) is 155 cm³/mol. The van der Waals surface area contributed by atoms with Gasteiger partial charge in [-0.1, -0.05) is 49.4 Å². The van der Waals surface area contributed by atoms with Gasteiger partial charge in [-0.2, -0.15) is 0 Å². The van der Waals surface area contributed by atoms with Crippen molar-refractivity contribution in [3.05, 3.63) is 110 Å². The Balaban J connectivity index is 1.51. The van der Waals surface area contributed by atoms with Crippen LogP contribution in [-0.4, -0.2) is 29.7 Å². The molecule has 3 atom stereocenters. The number of carbonyl (C=O) groups is 1. The zero-order valence-corrected chi connectivity index (χ0v) is 23.5. The number of aliphatic hydroxyl groups excluding tert-OH is 1. The minimum absolute atomic E-state index is 0.0958. The summed E-state index contributed by atoms with van der Waals surface area (Å²) in [6.45, 7) is 2.72. The summed E-state index contributed by atoms with van der Waals surface area (Å²) in [5.41, 5.74) is 4.76. The van der Waals surface area contributed by atoms with E-state index in [9.17, 15) is 18.7 Å². The number of fused-ring (bicyclic) bond motifs is 1. The van der Waals surface area contributed by atoms with Gasteiger partial charge in [0.1, 0.15) is 11.6 Å². The number of rotatable bonds is 11. The fourth-order valence-electron chi connectivity index (χ4n) is 5.09. The van der Waals surface area contributed by atoms with Gasteiger partial charge >= 0.3 is 0 Å². The number of amides is 1. The largest absolute Gasteiger partial charge is 0.390 e. The van der Waals surface area contributed by atoms with Gasteiger partial charge in [0.15, 0.2) is 0 Å². The third kappa shape index (κ3) is 7.48. The van der Waals surface area contributed by atoms with Gasteiger partial charge in [-0.05, 0) is 100 Å². The van der Waals surface area contributed by atoms with E-state index in [4.69, 9.17) is 0 Å². The Hall–Kier alpha value is -2.62. The molecule has 0 bridgehead atoms. The molecule has 1 aliphatic carbocycles. The number of benzene rings is 3. The van der Waals surface area contributed by atoms with E-state index in [1.807, 2.05) is 43.3 Å². The average molecular weight is 631 g/mol. The molecule has 3 aromatic carbocycles. The van der Waals surface area contributed by atoms with Crippen molar-refractivity contribution in [1.29, 1.82) is 0 Å². The van der Waals surface area contributed by atoms with Crippen LogP contribution < -0.4 is 10.6 Å². The summed E-state index contributed by atoms with van der Waals surface area (Å²) in [5, 5.41) is 17.4. The summed E-state index contributed by atoms with van der Waals surface area (Å²) in [7, 11) is 0. The third-order valence-electron chi connectivity index (χ3n) is 6.95. The Morgan fingerprint density at radius 3 is 2.53 bits per heavy atom. The molecule has 3 N–H and O–H groups in total. The van der Waals surface area contributed by atoms with Crippen LogP contribution in [0.2, 0.25) is 0 Å². The summed E-state index contributed by atoms with van der Waals surface area (Å²) in [5.74, 6) is -1.97. The summed E-state index contributed by atoms with van der Waals surface area (Å²) in [6, 6.07) is 18.7. The summed E-state index contributed by atoms with van der Waals surface area (Å²) in [4.78, 5) is 13.6. The highest BCUT2D eigenvalue weighted by molar-refractivity contribution is 14.1. The topological polar surface area (TPSA) is 61.4 Å². The second kappa shape index (κ2) is 13.4. The second-order valence-electron chi connectivity index (χ2n) is 9.74. The fourth-order valence-corrected chi connectivity index (χ4v) is 5.70. The molecule has 1 aliphatic rings. The van der Waals surface area contributed by atoms with Crippen LogP contribution in [0.1, 0.15) is 42.0 Å². The lowest BCUT2D eigenvalue weighted by Crippen LogP contribution is -2.50. The molecule has 200 valence electrons. The van der Waals surface area contributed by atoms with Gasteiger partial charge in [0.2, 0.25) is 5.91 Å². The van der Waals surface area contributed by atoms with Crippen LogP contribution in [0.15, 0.2) is 72.8 Å². The quantitative estimate of drug-likeness (QED) is 0.235. The Bertz CT molecular complexity index is 1280. The predicted octanol–water partition coefficient (Wildman–Crippen LogP) is 5.80. The van der Waals surface area contributed by atoms with Crippen molar-refractivity contribution in [3.8, 4) is 0 Å². The van der Waals surface area contributed by atoms with Crippen molar-refractivity contribution in [2.75, 3.05) is 6.54 Å². The lowest BCUT2D eigenvalue weighted by Gasteiger charge is -2.29. The van der Waals surface area contributed by atoms with Crippen molar-refractivity contribution in [2.24, 2.45) is 5.92 Å². The minimum Gasteiger partial charge on any atom is -0.390 e. The maximum atomic E-state index is 13.9. The van der Waals surface area contributed by atoms with Gasteiger partial charge in [0.05, 0.1) is 18.1 Å². The number of aryl methyl sites for hydroxylation is 1. The van der Waals surface area contributed by atoms with Crippen molar-refractivity contribution < 1.29 is 18.7 Å². The number of allylic oxidation sites excluding steroid dienone is 1. The molecule has 4 nitrogen and oxygen atoms in total. The summed E-state index contributed by atoms with van der Waals surface area (Å²) < 4.78 is 29.0. The van der Waals surface area contributed by atoms with Crippen LogP contribution in [0.25, 0.3) is 5.57 Å². The van der Waals surface area contributed by atoms with E-state index >= 15 is 0 Å². The number of carbonyl (C=O) groups excluding carboxylic acids is 1. The standard InChI is InChI=1S/C31H33F2IN2O2/c1-2-26(28-12-6-9-22-8-3-4-11-27(22)28)31(38)36-29(16-21-13-23(32)17-24(33)14-21)30(37)19-35-18-20-7-5-10-25(34)15-20/h3-5,7-8,10-15,17,26,29-30,35,37H,2,6,9,16,18-19H2,1H3,(H,36,38)/t26?,29-,30-/m1/s1. The highest BCUT2D eigenvalue weighted by Gasteiger charge is 2.29. The first-order chi connectivity index (χ1) is 18.3. The summed E-state index contributed by atoms with van der Waals surface area (Å²) >= 11 is 2.25. The molecule has 1 amide bonds. The molecular weight excluding hydrogens is 597 g/mol. The highest BCUT2D eigenvalue weighted by atomic mass is 127. The Kier molecular flexibility index (Phi) is 10.0. The molecule has 0 radical (unpaired) electrons. The molecule has 1 unspecified atom stereocenters. The normalized spacial score (nSPS) is 15.2. The van der Waals surface area contributed by atoms with Crippen LogP contribution in [-0.2, 0) is 24.2 Å². The number of nitrogens with one attached hydrogen (secondary N) is 2. The van der Waals surface area contributed by atoms with Crippen LogP contribution in [0.3, 0.4) is 0 Å². The number of hydrogen-bond acceptors (Lipinski definition) is 3. The van der Waals surface area contributed by atoms with Gasteiger partial charge in [-0.15, -0.1) is 0 Å². The molecule has 7 heteroatoms. The molecule has 0 aromatic heterocycles. The SMILES string of the molecule is CCC(C(=O)N[C@H](Cc1cc(F)cc(F)c1)[C@H](O)CNCc1cccc(I)c1)C1=CCCc2ccccc21. The molecule has 38 heavy (non-hydrogen) atoms. The van der Waals surface area contributed by atoms with Crippen molar-refractivity contribution in [1.82, 2.24) is 10.6 Å². The highest BCUT2D eigenvalue weighted by Crippen LogP contribution is 2.33. The molecule has 0 heterocycles. The van der Waals surface area contributed by atoms with E-state index in [0.29, 0.717) is 18.5 Å². The molecule has 0 aliphatic heterocycles. The Labute approximate surface area is 236 Å². The van der Waals surface area contributed by atoms with E-state index in [2.05, 4.69) is 51.4 Å². The van der Waals surface area contributed by atoms with Gasteiger partial charge in [0, 0.05) is 22.7 Å². The molecule has 0 fully saturated rings. The molecule has 0 spiro atoms. The Morgan fingerprint density at radius 2 is 1.79 bits per heavy atom. The molecule has 4 rings (SSSR count). The van der Waals surface area contributed by atoms with Gasteiger partial charge in [-0.3, -0.25) is 4.79 Å². The maximum Gasteiger partial charge on any atom is 0.227 e. The lowest BCUT2D eigenvalue weighted by atomic mass is 9.82. The zero-order valence-electron chi connectivity index (χ0n) is 21.4. The average Bonchev–Trinajstić information content (AvgIpc) is 2.88. The first-order valence-electron chi connectivity index (χ1n) is 13.0. The van der Waals surface area contributed by atoms with Crippen LogP contribution in [0, 0.1) is 21.1 Å². The molecule has 0 saturated heterocycles. The lowest BCUT2D eigenvalue weighted by molar-refractivity contribution is -0.125. The monoisotopic (exact) mass is 630 g/mol. The van der Waals surface area contributed by atoms with E-state index in [1.165, 1.54) is 17.7 Å². The van der Waals surface area contributed by atoms with Gasteiger partial charge in [0.25, 0.3) is 0 Å². The van der Waals surface area contributed by atoms with Crippen molar-refractivity contribution in [2.45, 2.75) is 51.3 Å². The smallest absolute Gasteiger partial charge is 0.227 e. The number of halogens is 3. The third-order valence-corrected chi connectivity index (χ3v) is 7.62. The molecule has 3 aromatic rings. The second-order valence-corrected chi connectivity index (χ2v) is 11.0. The minimum atomic E-state index is -0.974. The van der Waals surface area contributed by atoms with Crippen molar-refractivity contribution in [3.63, 3.8) is 0 Å². The maximum absolute atomic E-state index is 13.9. The van der Waals surface area contributed by atoms with Crippen LogP contribution in [0.5, 0.6) is 0 Å². The van der Waals surface area contributed by atoms with E-state index in [1.54, 1.807) is 0 Å². The number of hydrogen-bond donors (Lipinski definition) is 3. The van der Waals surface area contributed by atoms with Crippen LogP contribution >= 0.6 is 22.6 Å².